The van der Waals surface area contributed by atoms with Crippen LogP contribution in [0.3, 0.4) is 0 Å². The zero-order valence-corrected chi connectivity index (χ0v) is 17.6. The first-order valence-electron chi connectivity index (χ1n) is 10.0. The Hall–Kier alpha value is -4.20. The third-order valence-corrected chi connectivity index (χ3v) is 4.81. The van der Waals surface area contributed by atoms with E-state index in [1.807, 2.05) is 37.3 Å². The summed E-state index contributed by atoms with van der Waals surface area (Å²) in [5.74, 6) is -0.896. The zero-order chi connectivity index (χ0) is 23.1. The maximum Gasteiger partial charge on any atom is 0.310 e. The van der Waals surface area contributed by atoms with Crippen molar-refractivity contribution in [2.24, 2.45) is 0 Å². The fourth-order valence-electron chi connectivity index (χ4n) is 3.08. The van der Waals surface area contributed by atoms with Crippen molar-refractivity contribution in [2.45, 2.75) is 26.0 Å². The molecule has 8 nitrogen and oxygen atoms in total. The second-order valence-corrected chi connectivity index (χ2v) is 7.13. The van der Waals surface area contributed by atoms with E-state index >= 15 is 0 Å². The molecule has 0 heterocycles. The molecule has 0 spiro atoms. The van der Waals surface area contributed by atoms with Gasteiger partial charge in [-0.25, -0.2) is 0 Å². The van der Waals surface area contributed by atoms with Crippen LogP contribution in [0.4, 0.5) is 11.4 Å². The number of carbonyl (C=O) groups is 2. The van der Waals surface area contributed by atoms with Gasteiger partial charge in [-0.1, -0.05) is 54.6 Å². The molecular weight excluding hydrogens is 410 g/mol. The van der Waals surface area contributed by atoms with Gasteiger partial charge >= 0.3 is 5.69 Å². The normalized spacial score (nSPS) is 12.3. The summed E-state index contributed by atoms with van der Waals surface area (Å²) < 4.78 is 5.51. The highest BCUT2D eigenvalue weighted by Gasteiger charge is 2.22. The predicted octanol–water partition coefficient (Wildman–Crippen LogP) is 4.49. The van der Waals surface area contributed by atoms with E-state index in [0.717, 1.165) is 5.56 Å². The van der Waals surface area contributed by atoms with Gasteiger partial charge in [0, 0.05) is 6.07 Å². The van der Waals surface area contributed by atoms with Crippen LogP contribution in [0.15, 0.2) is 78.9 Å². The Bertz CT molecular complexity index is 1120. The smallest absolute Gasteiger partial charge is 0.310 e. The summed E-state index contributed by atoms with van der Waals surface area (Å²) in [6, 6.07) is 21.7. The number of ether oxygens (including phenoxy) is 1. The van der Waals surface area contributed by atoms with Crippen molar-refractivity contribution in [3.05, 3.63) is 100 Å². The van der Waals surface area contributed by atoms with Crippen molar-refractivity contribution in [2.75, 3.05) is 5.32 Å². The van der Waals surface area contributed by atoms with E-state index in [4.69, 9.17) is 4.74 Å². The Morgan fingerprint density at radius 2 is 1.53 bits per heavy atom. The summed E-state index contributed by atoms with van der Waals surface area (Å²) in [6.45, 7) is 3.35. The Morgan fingerprint density at radius 3 is 2.25 bits per heavy atom. The lowest BCUT2D eigenvalue weighted by atomic mass is 10.1. The molecule has 0 radical (unpaired) electrons. The van der Waals surface area contributed by atoms with Crippen LogP contribution in [0.1, 0.15) is 35.8 Å². The predicted molar refractivity (Wildman–Crippen MR) is 121 cm³/mol. The Balaban J connectivity index is 1.71. The van der Waals surface area contributed by atoms with Gasteiger partial charge in [-0.15, -0.1) is 0 Å². The number of para-hydroxylation sites is 3. The fraction of sp³-hybridized carbons (Fsp3) is 0.167. The number of hydrogen-bond acceptors (Lipinski definition) is 5. The van der Waals surface area contributed by atoms with Crippen molar-refractivity contribution in [1.29, 1.82) is 0 Å². The van der Waals surface area contributed by atoms with Gasteiger partial charge in [0.2, 0.25) is 0 Å². The molecule has 2 atom stereocenters. The number of nitro groups is 1. The Labute approximate surface area is 185 Å². The van der Waals surface area contributed by atoms with Gasteiger partial charge in [-0.05, 0) is 37.6 Å². The molecule has 2 N–H and O–H groups in total. The third kappa shape index (κ3) is 5.48. The maximum atomic E-state index is 12.8. The van der Waals surface area contributed by atoms with Crippen molar-refractivity contribution in [3.63, 3.8) is 0 Å². The summed E-state index contributed by atoms with van der Waals surface area (Å²) in [7, 11) is 0. The van der Waals surface area contributed by atoms with Gasteiger partial charge in [0.15, 0.2) is 11.9 Å². The van der Waals surface area contributed by atoms with Crippen LogP contribution in [0.2, 0.25) is 0 Å². The minimum absolute atomic E-state index is 0.0112. The number of carbonyl (C=O) groups excluding carboxylic acids is 2. The van der Waals surface area contributed by atoms with Crippen LogP contribution < -0.4 is 15.4 Å². The highest BCUT2D eigenvalue weighted by atomic mass is 16.6. The summed E-state index contributed by atoms with van der Waals surface area (Å²) >= 11 is 0. The minimum atomic E-state index is -1.03. The van der Waals surface area contributed by atoms with E-state index in [-0.39, 0.29) is 23.4 Å². The first kappa shape index (κ1) is 22.5. The molecule has 0 fully saturated rings. The van der Waals surface area contributed by atoms with Gasteiger partial charge in [-0.2, -0.15) is 0 Å². The van der Waals surface area contributed by atoms with E-state index in [1.54, 1.807) is 30.3 Å². The Morgan fingerprint density at radius 1 is 0.906 bits per heavy atom. The number of anilines is 1. The monoisotopic (exact) mass is 433 g/mol. The lowest BCUT2D eigenvalue weighted by molar-refractivity contribution is -0.386. The maximum absolute atomic E-state index is 12.8. The number of benzene rings is 3. The van der Waals surface area contributed by atoms with Gasteiger partial charge in [0.1, 0.15) is 0 Å². The highest BCUT2D eigenvalue weighted by molar-refractivity contribution is 6.04. The fourth-order valence-corrected chi connectivity index (χ4v) is 3.08. The standard InChI is InChI=1S/C24H23N3O5/c1-16(18-10-4-3-5-11-18)25-24(29)19-12-6-7-13-20(19)26-23(28)17(2)32-22-15-9-8-14-21(22)27(30)31/h3-17H,1-2H3,(H,25,29)(H,26,28)/t16-,17+/m0/s1. The molecule has 3 aromatic carbocycles. The number of nitro benzene ring substituents is 1. The van der Waals surface area contributed by atoms with Crippen LogP contribution in [-0.2, 0) is 4.79 Å². The molecule has 0 aromatic heterocycles. The molecule has 3 rings (SSSR count). The molecule has 3 aromatic rings. The van der Waals surface area contributed by atoms with Crippen LogP contribution in [0.5, 0.6) is 5.75 Å². The van der Waals surface area contributed by atoms with Gasteiger partial charge in [0.05, 0.1) is 22.2 Å². The molecular formula is C24H23N3O5. The SMILES string of the molecule is C[C@H](NC(=O)c1ccccc1NC(=O)[C@@H](C)Oc1ccccc1[N+](=O)[O-])c1ccccc1. The van der Waals surface area contributed by atoms with Crippen molar-refractivity contribution < 1.29 is 19.2 Å². The summed E-state index contributed by atoms with van der Waals surface area (Å²) in [4.78, 5) is 36.1. The van der Waals surface area contributed by atoms with Crippen LogP contribution in [0.25, 0.3) is 0 Å². The van der Waals surface area contributed by atoms with E-state index < -0.39 is 16.9 Å². The van der Waals surface area contributed by atoms with Crippen LogP contribution in [0, 0.1) is 10.1 Å². The van der Waals surface area contributed by atoms with Crippen molar-refractivity contribution in [1.82, 2.24) is 5.32 Å². The summed E-state index contributed by atoms with van der Waals surface area (Å²) in [5.41, 5.74) is 1.32. The average molecular weight is 433 g/mol. The van der Waals surface area contributed by atoms with Crippen molar-refractivity contribution in [3.8, 4) is 5.75 Å². The molecule has 32 heavy (non-hydrogen) atoms. The second kappa shape index (κ2) is 10.2. The van der Waals surface area contributed by atoms with E-state index in [9.17, 15) is 19.7 Å². The number of rotatable bonds is 8. The largest absolute Gasteiger partial charge is 0.474 e. The summed E-state index contributed by atoms with van der Waals surface area (Å²) in [6.07, 6.45) is -1.03. The molecule has 164 valence electrons. The minimum Gasteiger partial charge on any atom is -0.474 e. The molecule has 0 saturated heterocycles. The topological polar surface area (TPSA) is 111 Å². The highest BCUT2D eigenvalue weighted by Crippen LogP contribution is 2.27. The van der Waals surface area contributed by atoms with Crippen LogP contribution >= 0.6 is 0 Å². The second-order valence-electron chi connectivity index (χ2n) is 7.13. The van der Waals surface area contributed by atoms with Gasteiger partial charge in [0.25, 0.3) is 11.8 Å². The number of nitrogens with zero attached hydrogens (tertiary/aromatic N) is 1. The van der Waals surface area contributed by atoms with Crippen molar-refractivity contribution >= 4 is 23.2 Å². The van der Waals surface area contributed by atoms with Gasteiger partial charge in [-0.3, -0.25) is 19.7 Å². The molecule has 0 aliphatic carbocycles. The molecule has 0 aliphatic rings. The quantitative estimate of drug-likeness (QED) is 0.402. The van der Waals surface area contributed by atoms with Crippen LogP contribution in [-0.4, -0.2) is 22.8 Å². The zero-order valence-electron chi connectivity index (χ0n) is 17.6. The van der Waals surface area contributed by atoms with Gasteiger partial charge < -0.3 is 15.4 Å². The van der Waals surface area contributed by atoms with E-state index in [0.29, 0.717) is 11.3 Å². The number of amides is 2. The molecule has 8 heteroatoms. The molecule has 0 unspecified atom stereocenters. The Kier molecular flexibility index (Phi) is 7.17. The average Bonchev–Trinajstić information content (AvgIpc) is 2.80. The molecule has 0 aliphatic heterocycles. The first-order chi connectivity index (χ1) is 15.4. The molecule has 2 amide bonds. The number of hydrogen-bond donors (Lipinski definition) is 2. The molecule has 0 bridgehead atoms. The number of nitrogens with one attached hydrogen (secondary N) is 2. The third-order valence-electron chi connectivity index (χ3n) is 4.81. The lowest BCUT2D eigenvalue weighted by Crippen LogP contribution is -2.32. The lowest BCUT2D eigenvalue weighted by Gasteiger charge is -2.18. The molecule has 0 saturated carbocycles. The first-order valence-corrected chi connectivity index (χ1v) is 10.0. The van der Waals surface area contributed by atoms with E-state index in [1.165, 1.54) is 25.1 Å². The van der Waals surface area contributed by atoms with E-state index in [2.05, 4.69) is 10.6 Å². The summed E-state index contributed by atoms with van der Waals surface area (Å²) in [5, 5.41) is 16.8.